The van der Waals surface area contributed by atoms with Crippen LogP contribution < -0.4 is 0 Å². The number of hydrogen-bond acceptors (Lipinski definition) is 4. The summed E-state index contributed by atoms with van der Waals surface area (Å²) < 4.78 is 6.49. The van der Waals surface area contributed by atoms with Gasteiger partial charge in [0.15, 0.2) is 11.5 Å². The zero-order valence-electron chi connectivity index (χ0n) is 11.4. The van der Waals surface area contributed by atoms with Gasteiger partial charge in [0.1, 0.15) is 0 Å². The van der Waals surface area contributed by atoms with Crippen molar-refractivity contribution in [1.82, 2.24) is 9.78 Å². The molecule has 0 aliphatic rings. The highest BCUT2D eigenvalue weighted by Gasteiger charge is 2.19. The monoisotopic (exact) mass is 260 g/mol. The van der Waals surface area contributed by atoms with Crippen molar-refractivity contribution in [3.63, 3.8) is 0 Å². The standard InChI is InChI=1S/C14H16N2O3/c1-8(2)16-12-6-5-10(9(3)17)7-11(12)13(15-16)14(18)19-4/h5-8H,1-4H3. The Labute approximate surface area is 111 Å². The first-order valence-electron chi connectivity index (χ1n) is 6.07. The van der Waals surface area contributed by atoms with E-state index in [-0.39, 0.29) is 17.5 Å². The van der Waals surface area contributed by atoms with Crippen molar-refractivity contribution >= 4 is 22.7 Å². The molecule has 0 radical (unpaired) electrons. The number of fused-ring (bicyclic) bond motifs is 1. The van der Waals surface area contributed by atoms with Crippen LogP contribution in [0.5, 0.6) is 0 Å². The maximum Gasteiger partial charge on any atom is 0.359 e. The molecule has 5 nitrogen and oxygen atoms in total. The van der Waals surface area contributed by atoms with E-state index in [2.05, 4.69) is 5.10 Å². The molecule has 2 aromatic rings. The van der Waals surface area contributed by atoms with E-state index in [0.717, 1.165) is 5.52 Å². The van der Waals surface area contributed by atoms with Crippen molar-refractivity contribution in [2.75, 3.05) is 7.11 Å². The third-order valence-electron chi connectivity index (χ3n) is 2.98. The summed E-state index contributed by atoms with van der Waals surface area (Å²) in [7, 11) is 1.32. The Hall–Kier alpha value is -2.17. The van der Waals surface area contributed by atoms with E-state index in [9.17, 15) is 9.59 Å². The van der Waals surface area contributed by atoms with Crippen molar-refractivity contribution in [3.05, 3.63) is 29.5 Å². The maximum absolute atomic E-state index is 11.8. The second-order valence-corrected chi connectivity index (χ2v) is 4.67. The number of ether oxygens (including phenoxy) is 1. The lowest BCUT2D eigenvalue weighted by Gasteiger charge is -2.06. The molecular formula is C14H16N2O3. The summed E-state index contributed by atoms with van der Waals surface area (Å²) in [6, 6.07) is 5.36. The van der Waals surface area contributed by atoms with E-state index in [0.29, 0.717) is 10.9 Å². The molecule has 5 heteroatoms. The van der Waals surface area contributed by atoms with Crippen LogP contribution >= 0.6 is 0 Å². The van der Waals surface area contributed by atoms with Crippen LogP contribution in [0.3, 0.4) is 0 Å². The Morgan fingerprint density at radius 2 is 2.00 bits per heavy atom. The molecule has 0 aliphatic heterocycles. The molecule has 0 atom stereocenters. The largest absolute Gasteiger partial charge is 0.464 e. The van der Waals surface area contributed by atoms with Crippen LogP contribution in [0, 0.1) is 0 Å². The van der Waals surface area contributed by atoms with E-state index in [1.54, 1.807) is 16.8 Å². The van der Waals surface area contributed by atoms with Gasteiger partial charge in [0, 0.05) is 17.0 Å². The molecule has 2 rings (SSSR count). The molecule has 0 fully saturated rings. The highest BCUT2D eigenvalue weighted by atomic mass is 16.5. The van der Waals surface area contributed by atoms with Crippen LogP contribution in [-0.4, -0.2) is 28.6 Å². The lowest BCUT2D eigenvalue weighted by atomic mass is 10.1. The van der Waals surface area contributed by atoms with Crippen molar-refractivity contribution in [2.45, 2.75) is 26.8 Å². The Morgan fingerprint density at radius 3 is 2.53 bits per heavy atom. The summed E-state index contributed by atoms with van der Waals surface area (Å²) in [6.45, 7) is 5.45. The molecule has 1 aromatic heterocycles. The van der Waals surface area contributed by atoms with Gasteiger partial charge in [-0.3, -0.25) is 9.48 Å². The van der Waals surface area contributed by atoms with Crippen LogP contribution in [0.2, 0.25) is 0 Å². The molecule has 0 saturated heterocycles. The number of aromatic nitrogens is 2. The average molecular weight is 260 g/mol. The predicted molar refractivity (Wildman–Crippen MR) is 71.5 cm³/mol. The first kappa shape index (κ1) is 13.3. The van der Waals surface area contributed by atoms with Crippen LogP contribution in [-0.2, 0) is 4.74 Å². The molecule has 0 saturated carbocycles. The summed E-state index contributed by atoms with van der Waals surface area (Å²) in [6.07, 6.45) is 0. The van der Waals surface area contributed by atoms with Gasteiger partial charge in [-0.15, -0.1) is 0 Å². The van der Waals surface area contributed by atoms with Crippen LogP contribution in [0.15, 0.2) is 18.2 Å². The van der Waals surface area contributed by atoms with Gasteiger partial charge in [0.05, 0.1) is 12.6 Å². The zero-order chi connectivity index (χ0) is 14.2. The number of Topliss-reactive ketones (excluding diaryl/α,β-unsaturated/α-hetero) is 1. The second-order valence-electron chi connectivity index (χ2n) is 4.67. The number of benzene rings is 1. The fourth-order valence-electron chi connectivity index (χ4n) is 2.00. The van der Waals surface area contributed by atoms with Gasteiger partial charge in [0.25, 0.3) is 0 Å². The normalized spacial score (nSPS) is 11.0. The van der Waals surface area contributed by atoms with E-state index in [1.807, 2.05) is 19.9 Å². The number of ketones is 1. The van der Waals surface area contributed by atoms with Crippen LogP contribution in [0.4, 0.5) is 0 Å². The summed E-state index contributed by atoms with van der Waals surface area (Å²) in [5, 5.41) is 4.94. The number of nitrogens with zero attached hydrogens (tertiary/aromatic N) is 2. The fraction of sp³-hybridized carbons (Fsp3) is 0.357. The quantitative estimate of drug-likeness (QED) is 0.628. The molecule has 0 spiro atoms. The minimum absolute atomic E-state index is 0.0463. The van der Waals surface area contributed by atoms with Crippen molar-refractivity contribution < 1.29 is 14.3 Å². The number of carbonyl (C=O) groups is 2. The van der Waals surface area contributed by atoms with Gasteiger partial charge < -0.3 is 4.74 Å². The van der Waals surface area contributed by atoms with E-state index < -0.39 is 5.97 Å². The Morgan fingerprint density at radius 1 is 1.32 bits per heavy atom. The van der Waals surface area contributed by atoms with Gasteiger partial charge in [-0.1, -0.05) is 0 Å². The van der Waals surface area contributed by atoms with Crippen molar-refractivity contribution in [2.24, 2.45) is 0 Å². The Bertz CT molecular complexity index is 656. The van der Waals surface area contributed by atoms with E-state index >= 15 is 0 Å². The summed E-state index contributed by atoms with van der Waals surface area (Å²) >= 11 is 0. The average Bonchev–Trinajstić information content (AvgIpc) is 2.76. The molecule has 0 N–H and O–H groups in total. The number of esters is 1. The van der Waals surface area contributed by atoms with E-state index in [1.165, 1.54) is 14.0 Å². The topological polar surface area (TPSA) is 61.2 Å². The second kappa shape index (κ2) is 4.84. The fourth-order valence-corrected chi connectivity index (χ4v) is 2.00. The zero-order valence-corrected chi connectivity index (χ0v) is 11.4. The van der Waals surface area contributed by atoms with Gasteiger partial charge >= 0.3 is 5.97 Å². The molecule has 0 aliphatic carbocycles. The first-order valence-corrected chi connectivity index (χ1v) is 6.07. The summed E-state index contributed by atoms with van der Waals surface area (Å²) in [4.78, 5) is 23.2. The van der Waals surface area contributed by atoms with Gasteiger partial charge in [0.2, 0.25) is 0 Å². The lowest BCUT2D eigenvalue weighted by Crippen LogP contribution is -2.06. The molecule has 19 heavy (non-hydrogen) atoms. The molecule has 1 aromatic carbocycles. The summed E-state index contributed by atoms with van der Waals surface area (Å²) in [5.41, 5.74) is 1.62. The molecule has 0 bridgehead atoms. The van der Waals surface area contributed by atoms with Crippen LogP contribution in [0.1, 0.15) is 47.7 Å². The number of rotatable bonds is 3. The lowest BCUT2D eigenvalue weighted by molar-refractivity contribution is 0.0594. The summed E-state index contributed by atoms with van der Waals surface area (Å²) in [5.74, 6) is -0.542. The molecule has 100 valence electrons. The Balaban J connectivity index is 2.76. The molecule has 0 unspecified atom stereocenters. The van der Waals surface area contributed by atoms with Crippen molar-refractivity contribution in [3.8, 4) is 0 Å². The third-order valence-corrected chi connectivity index (χ3v) is 2.98. The first-order chi connectivity index (χ1) is 8.95. The van der Waals surface area contributed by atoms with E-state index in [4.69, 9.17) is 4.74 Å². The van der Waals surface area contributed by atoms with Gasteiger partial charge in [-0.25, -0.2) is 4.79 Å². The predicted octanol–water partition coefficient (Wildman–Crippen LogP) is 2.61. The minimum atomic E-state index is -0.495. The molecule has 0 amide bonds. The van der Waals surface area contributed by atoms with Gasteiger partial charge in [-0.2, -0.15) is 5.10 Å². The highest BCUT2D eigenvalue weighted by Crippen LogP contribution is 2.24. The maximum atomic E-state index is 11.8. The van der Waals surface area contributed by atoms with Crippen molar-refractivity contribution in [1.29, 1.82) is 0 Å². The third kappa shape index (κ3) is 2.23. The molecular weight excluding hydrogens is 244 g/mol. The highest BCUT2D eigenvalue weighted by molar-refractivity contribution is 6.05. The SMILES string of the molecule is COC(=O)c1nn(C(C)C)c2ccc(C(C)=O)cc12. The number of methoxy groups -OCH3 is 1. The van der Waals surface area contributed by atoms with Crippen LogP contribution in [0.25, 0.3) is 10.9 Å². The number of hydrogen-bond donors (Lipinski definition) is 0. The molecule has 1 heterocycles. The Kier molecular flexibility index (Phi) is 3.38. The smallest absolute Gasteiger partial charge is 0.359 e. The minimum Gasteiger partial charge on any atom is -0.464 e. The number of carbonyl (C=O) groups excluding carboxylic acids is 2. The van der Waals surface area contributed by atoms with Gasteiger partial charge in [-0.05, 0) is 39.0 Å².